The van der Waals surface area contributed by atoms with Crippen LogP contribution in [0.1, 0.15) is 45.0 Å². The summed E-state index contributed by atoms with van der Waals surface area (Å²) in [7, 11) is 0. The first-order valence-corrected chi connectivity index (χ1v) is 8.35. The molecule has 4 nitrogen and oxygen atoms in total. The molecule has 0 saturated carbocycles. The number of carboxylic acid groups (broad SMARTS) is 1. The molecule has 4 rings (SSSR count). The topological polar surface area (TPSA) is 57.6 Å². The quantitative estimate of drug-likeness (QED) is 0.925. The van der Waals surface area contributed by atoms with Crippen molar-refractivity contribution in [1.29, 1.82) is 0 Å². The van der Waals surface area contributed by atoms with Crippen LogP contribution >= 0.6 is 0 Å². The molecule has 1 heterocycles. The number of fused-ring (bicyclic) bond motifs is 2. The molecule has 0 saturated heterocycles. The predicted octanol–water partition coefficient (Wildman–Crippen LogP) is 3.00. The van der Waals surface area contributed by atoms with Crippen molar-refractivity contribution in [2.45, 2.75) is 31.7 Å². The van der Waals surface area contributed by atoms with Crippen LogP contribution in [-0.2, 0) is 24.2 Å². The summed E-state index contributed by atoms with van der Waals surface area (Å²) in [6.07, 6.45) is 3.25. The van der Waals surface area contributed by atoms with Crippen molar-refractivity contribution in [2.75, 3.05) is 6.54 Å². The lowest BCUT2D eigenvalue weighted by atomic mass is 9.89. The van der Waals surface area contributed by atoms with Gasteiger partial charge in [-0.1, -0.05) is 30.3 Å². The van der Waals surface area contributed by atoms with Crippen LogP contribution in [-0.4, -0.2) is 28.4 Å². The molecule has 2 aliphatic rings. The molecule has 0 spiro atoms. The van der Waals surface area contributed by atoms with E-state index in [1.807, 2.05) is 42.5 Å². The van der Waals surface area contributed by atoms with Crippen molar-refractivity contribution in [3.05, 3.63) is 70.3 Å². The van der Waals surface area contributed by atoms with Gasteiger partial charge in [-0.2, -0.15) is 0 Å². The monoisotopic (exact) mass is 321 g/mol. The molecule has 24 heavy (non-hydrogen) atoms. The van der Waals surface area contributed by atoms with Crippen molar-refractivity contribution in [1.82, 2.24) is 4.90 Å². The van der Waals surface area contributed by atoms with E-state index < -0.39 is 11.9 Å². The standard InChI is InChI=1S/C20H19NO3/c22-19(15-9-8-13-5-3-6-14(13)10-15)21-11-16-4-1-2-7-17(16)18(12-21)20(23)24/h1-2,4,7-10,18H,3,5-6,11-12H2,(H,23,24). The highest BCUT2D eigenvalue weighted by molar-refractivity contribution is 5.95. The summed E-state index contributed by atoms with van der Waals surface area (Å²) in [6.45, 7) is 0.693. The second kappa shape index (κ2) is 5.78. The minimum Gasteiger partial charge on any atom is -0.481 e. The fraction of sp³-hybridized carbons (Fsp3) is 0.300. The van der Waals surface area contributed by atoms with E-state index >= 15 is 0 Å². The van der Waals surface area contributed by atoms with Crippen LogP contribution in [0.3, 0.4) is 0 Å². The lowest BCUT2D eigenvalue weighted by Gasteiger charge is -2.33. The number of rotatable bonds is 2. The SMILES string of the molecule is O=C(O)C1CN(C(=O)c2ccc3c(c2)CCC3)Cc2ccccc21. The fourth-order valence-corrected chi connectivity index (χ4v) is 3.86. The van der Waals surface area contributed by atoms with Gasteiger partial charge < -0.3 is 10.0 Å². The zero-order valence-corrected chi connectivity index (χ0v) is 13.4. The average Bonchev–Trinajstić information content (AvgIpc) is 3.07. The Morgan fingerprint density at radius 2 is 1.79 bits per heavy atom. The zero-order chi connectivity index (χ0) is 16.7. The Bertz CT molecular complexity index is 827. The maximum Gasteiger partial charge on any atom is 0.312 e. The number of nitrogens with zero attached hydrogens (tertiary/aromatic N) is 1. The van der Waals surface area contributed by atoms with Gasteiger partial charge in [0.1, 0.15) is 0 Å². The van der Waals surface area contributed by atoms with Crippen molar-refractivity contribution < 1.29 is 14.7 Å². The van der Waals surface area contributed by atoms with Gasteiger partial charge in [0, 0.05) is 18.7 Å². The first-order chi connectivity index (χ1) is 11.6. The summed E-state index contributed by atoms with van der Waals surface area (Å²) in [4.78, 5) is 26.2. The zero-order valence-electron chi connectivity index (χ0n) is 13.4. The van der Waals surface area contributed by atoms with Gasteiger partial charge in [0.25, 0.3) is 5.91 Å². The van der Waals surface area contributed by atoms with Crippen LogP contribution in [0.25, 0.3) is 0 Å². The van der Waals surface area contributed by atoms with E-state index in [9.17, 15) is 14.7 Å². The van der Waals surface area contributed by atoms with Gasteiger partial charge in [0.05, 0.1) is 5.92 Å². The molecule has 122 valence electrons. The minimum absolute atomic E-state index is 0.0783. The van der Waals surface area contributed by atoms with Crippen LogP contribution in [0.15, 0.2) is 42.5 Å². The molecule has 2 aromatic rings. The van der Waals surface area contributed by atoms with E-state index in [4.69, 9.17) is 0 Å². The molecular formula is C20H19NO3. The molecule has 0 fully saturated rings. The van der Waals surface area contributed by atoms with E-state index in [0.717, 1.165) is 30.4 Å². The number of benzene rings is 2. The summed E-state index contributed by atoms with van der Waals surface area (Å²) >= 11 is 0. The predicted molar refractivity (Wildman–Crippen MR) is 90.0 cm³/mol. The highest BCUT2D eigenvalue weighted by atomic mass is 16.4. The number of hydrogen-bond acceptors (Lipinski definition) is 2. The normalized spacial score (nSPS) is 18.8. The van der Waals surface area contributed by atoms with Crippen LogP contribution in [0, 0.1) is 0 Å². The summed E-state index contributed by atoms with van der Waals surface area (Å²) in [6, 6.07) is 13.4. The van der Waals surface area contributed by atoms with Gasteiger partial charge in [-0.25, -0.2) is 0 Å². The Hall–Kier alpha value is -2.62. The lowest BCUT2D eigenvalue weighted by Crippen LogP contribution is -2.40. The lowest BCUT2D eigenvalue weighted by molar-refractivity contribution is -0.139. The highest BCUT2D eigenvalue weighted by Crippen LogP contribution is 2.30. The number of amides is 1. The van der Waals surface area contributed by atoms with Gasteiger partial charge in [0.2, 0.25) is 0 Å². The van der Waals surface area contributed by atoms with E-state index in [0.29, 0.717) is 12.1 Å². The molecule has 1 N–H and O–H groups in total. The molecule has 1 amide bonds. The van der Waals surface area contributed by atoms with E-state index in [-0.39, 0.29) is 12.5 Å². The van der Waals surface area contributed by atoms with Crippen LogP contribution in [0.5, 0.6) is 0 Å². The fourth-order valence-electron chi connectivity index (χ4n) is 3.86. The maximum absolute atomic E-state index is 12.9. The second-order valence-electron chi connectivity index (χ2n) is 6.61. The van der Waals surface area contributed by atoms with Crippen LogP contribution in [0.4, 0.5) is 0 Å². The Labute approximate surface area is 140 Å². The van der Waals surface area contributed by atoms with Gasteiger partial charge in [-0.15, -0.1) is 0 Å². The Balaban J connectivity index is 1.65. The summed E-state index contributed by atoms with van der Waals surface area (Å²) in [5, 5.41) is 9.54. The van der Waals surface area contributed by atoms with Crippen LogP contribution in [0.2, 0.25) is 0 Å². The molecule has 1 aliphatic heterocycles. The third kappa shape index (κ3) is 2.48. The van der Waals surface area contributed by atoms with Crippen molar-refractivity contribution >= 4 is 11.9 Å². The summed E-state index contributed by atoms with van der Waals surface area (Å²) < 4.78 is 0. The number of aliphatic carboxylic acids is 1. The van der Waals surface area contributed by atoms with Gasteiger partial charge in [0.15, 0.2) is 0 Å². The molecule has 1 unspecified atom stereocenters. The molecule has 1 atom stereocenters. The third-order valence-corrected chi connectivity index (χ3v) is 5.13. The molecule has 0 radical (unpaired) electrons. The smallest absolute Gasteiger partial charge is 0.312 e. The van der Waals surface area contributed by atoms with Gasteiger partial charge >= 0.3 is 5.97 Å². The van der Waals surface area contributed by atoms with E-state index in [1.54, 1.807) is 4.90 Å². The number of carbonyl (C=O) groups is 2. The Morgan fingerprint density at radius 3 is 2.62 bits per heavy atom. The van der Waals surface area contributed by atoms with E-state index in [1.165, 1.54) is 11.1 Å². The molecular weight excluding hydrogens is 302 g/mol. The van der Waals surface area contributed by atoms with Gasteiger partial charge in [-0.05, 0) is 53.6 Å². The Morgan fingerprint density at radius 1 is 1.00 bits per heavy atom. The van der Waals surface area contributed by atoms with E-state index in [2.05, 4.69) is 0 Å². The largest absolute Gasteiger partial charge is 0.481 e. The molecule has 0 aromatic heterocycles. The summed E-state index contributed by atoms with van der Waals surface area (Å²) in [5.74, 6) is -1.62. The average molecular weight is 321 g/mol. The second-order valence-corrected chi connectivity index (χ2v) is 6.61. The molecule has 0 bridgehead atoms. The number of aryl methyl sites for hydroxylation is 2. The third-order valence-electron chi connectivity index (χ3n) is 5.13. The highest BCUT2D eigenvalue weighted by Gasteiger charge is 2.32. The Kier molecular flexibility index (Phi) is 3.60. The molecule has 4 heteroatoms. The maximum atomic E-state index is 12.9. The van der Waals surface area contributed by atoms with Crippen molar-refractivity contribution in [2.24, 2.45) is 0 Å². The van der Waals surface area contributed by atoms with Gasteiger partial charge in [-0.3, -0.25) is 9.59 Å². The van der Waals surface area contributed by atoms with Crippen molar-refractivity contribution in [3.63, 3.8) is 0 Å². The minimum atomic E-state index is -0.881. The van der Waals surface area contributed by atoms with Crippen molar-refractivity contribution in [3.8, 4) is 0 Å². The molecule has 2 aromatic carbocycles. The first-order valence-electron chi connectivity index (χ1n) is 8.35. The molecule has 1 aliphatic carbocycles. The van der Waals surface area contributed by atoms with Crippen LogP contribution < -0.4 is 0 Å². The summed E-state index contributed by atoms with van der Waals surface area (Å²) in [5.41, 5.74) is 5.00. The first kappa shape index (κ1) is 14.9. The number of carbonyl (C=O) groups excluding carboxylic acids is 1. The number of hydrogen-bond donors (Lipinski definition) is 1. The number of carboxylic acids is 1.